The van der Waals surface area contributed by atoms with Crippen molar-refractivity contribution in [1.82, 2.24) is 0 Å². The van der Waals surface area contributed by atoms with E-state index in [0.717, 1.165) is 17.5 Å². The van der Waals surface area contributed by atoms with Crippen molar-refractivity contribution in [2.45, 2.75) is 39.7 Å². The van der Waals surface area contributed by atoms with Crippen molar-refractivity contribution >= 4 is 5.97 Å². The third-order valence-corrected chi connectivity index (χ3v) is 2.73. The molecule has 1 rings (SSSR count). The molecule has 18 heavy (non-hydrogen) atoms. The lowest BCUT2D eigenvalue weighted by Gasteiger charge is -2.24. The van der Waals surface area contributed by atoms with E-state index in [1.807, 2.05) is 32.9 Å². The van der Waals surface area contributed by atoms with E-state index in [4.69, 9.17) is 10.5 Å². The molecule has 3 heteroatoms. The van der Waals surface area contributed by atoms with Gasteiger partial charge in [-0.15, -0.1) is 0 Å². The number of benzene rings is 1. The number of ether oxygens (including phenoxy) is 1. The fourth-order valence-electron chi connectivity index (χ4n) is 1.82. The Morgan fingerprint density at radius 1 is 1.44 bits per heavy atom. The molecule has 0 heterocycles. The summed E-state index contributed by atoms with van der Waals surface area (Å²) in [6.07, 6.45) is 0.760. The number of hydrogen-bond acceptors (Lipinski definition) is 3. The second-order valence-electron chi connectivity index (χ2n) is 5.03. The minimum absolute atomic E-state index is 0.384. The van der Waals surface area contributed by atoms with Crippen LogP contribution < -0.4 is 10.5 Å². The molecular weight excluding hydrogens is 226 g/mol. The third-order valence-electron chi connectivity index (χ3n) is 2.73. The zero-order valence-corrected chi connectivity index (χ0v) is 11.5. The van der Waals surface area contributed by atoms with Gasteiger partial charge in [-0.3, -0.25) is 0 Å². The van der Waals surface area contributed by atoms with Crippen molar-refractivity contribution < 1.29 is 9.53 Å². The Bertz CT molecular complexity index is 470. The Morgan fingerprint density at radius 2 is 2.06 bits per heavy atom. The van der Waals surface area contributed by atoms with Crippen LogP contribution in [0.25, 0.3) is 0 Å². The van der Waals surface area contributed by atoms with Crippen molar-refractivity contribution in [2.75, 3.05) is 0 Å². The van der Waals surface area contributed by atoms with Crippen molar-refractivity contribution in [1.29, 1.82) is 0 Å². The van der Waals surface area contributed by atoms with Crippen molar-refractivity contribution in [3.8, 4) is 5.75 Å². The second-order valence-corrected chi connectivity index (χ2v) is 5.03. The number of hydrogen-bond donors (Lipinski definition) is 1. The van der Waals surface area contributed by atoms with Crippen LogP contribution in [0.1, 0.15) is 38.8 Å². The van der Waals surface area contributed by atoms with Crippen LogP contribution in [0.4, 0.5) is 0 Å². The summed E-state index contributed by atoms with van der Waals surface area (Å²) < 4.78 is 5.34. The molecule has 98 valence electrons. The van der Waals surface area contributed by atoms with Gasteiger partial charge in [-0.25, -0.2) is 4.79 Å². The fourth-order valence-corrected chi connectivity index (χ4v) is 1.82. The van der Waals surface area contributed by atoms with Crippen LogP contribution in [0.5, 0.6) is 5.75 Å². The molecule has 1 aromatic rings. The third kappa shape index (κ3) is 3.20. The van der Waals surface area contributed by atoms with Gasteiger partial charge >= 0.3 is 5.97 Å². The molecule has 0 amide bonds. The minimum Gasteiger partial charge on any atom is -0.423 e. The van der Waals surface area contributed by atoms with Gasteiger partial charge in [-0.05, 0) is 44.4 Å². The highest BCUT2D eigenvalue weighted by atomic mass is 16.5. The summed E-state index contributed by atoms with van der Waals surface area (Å²) in [5.74, 6) is 0.165. The van der Waals surface area contributed by atoms with Crippen LogP contribution in [0.2, 0.25) is 0 Å². The number of rotatable bonds is 4. The Kier molecular flexibility index (Phi) is 4.30. The number of carbonyl (C=O) groups is 1. The van der Waals surface area contributed by atoms with Gasteiger partial charge in [0, 0.05) is 11.1 Å². The van der Waals surface area contributed by atoms with Crippen LogP contribution in [0.15, 0.2) is 30.4 Å². The maximum atomic E-state index is 11.6. The minimum atomic E-state index is -0.461. The molecule has 0 spiro atoms. The number of nitrogens with two attached hydrogens (primary N) is 1. The van der Waals surface area contributed by atoms with E-state index >= 15 is 0 Å². The number of carbonyl (C=O) groups excluding carboxylic acids is 1. The lowest BCUT2D eigenvalue weighted by molar-refractivity contribution is -0.130. The molecule has 0 aliphatic heterocycles. The van der Waals surface area contributed by atoms with Crippen molar-refractivity contribution in [2.24, 2.45) is 5.73 Å². The zero-order chi connectivity index (χ0) is 13.9. The molecule has 0 aromatic heterocycles. The van der Waals surface area contributed by atoms with Gasteiger partial charge in [0.05, 0.1) is 0 Å². The standard InChI is InChI=1S/C15H21NO2/c1-6-11-12(15(4,5)16)8-7-9-13(11)18-14(17)10(2)3/h7-9H,2,6,16H2,1,3-5H3. The first-order valence-corrected chi connectivity index (χ1v) is 6.06. The lowest BCUT2D eigenvalue weighted by atomic mass is 9.89. The maximum absolute atomic E-state index is 11.6. The lowest BCUT2D eigenvalue weighted by Crippen LogP contribution is -2.30. The normalized spacial score (nSPS) is 11.2. The Labute approximate surface area is 109 Å². The van der Waals surface area contributed by atoms with Crippen molar-refractivity contribution in [3.63, 3.8) is 0 Å². The SMILES string of the molecule is C=C(C)C(=O)Oc1cccc(C(C)(C)N)c1CC. The average molecular weight is 247 g/mol. The molecule has 0 atom stereocenters. The van der Waals surface area contributed by atoms with Crippen LogP contribution in [-0.4, -0.2) is 5.97 Å². The van der Waals surface area contributed by atoms with Gasteiger partial charge in [-0.1, -0.05) is 25.6 Å². The van der Waals surface area contributed by atoms with E-state index in [-0.39, 0.29) is 0 Å². The van der Waals surface area contributed by atoms with Crippen LogP contribution >= 0.6 is 0 Å². The predicted molar refractivity (Wildman–Crippen MR) is 73.5 cm³/mol. The second kappa shape index (κ2) is 5.36. The number of esters is 1. The molecule has 0 fully saturated rings. The molecule has 1 aromatic carbocycles. The highest BCUT2D eigenvalue weighted by Crippen LogP contribution is 2.29. The zero-order valence-electron chi connectivity index (χ0n) is 11.5. The molecule has 0 bridgehead atoms. The highest BCUT2D eigenvalue weighted by molar-refractivity contribution is 5.89. The monoisotopic (exact) mass is 247 g/mol. The molecule has 0 unspecified atom stereocenters. The molecule has 0 saturated heterocycles. The summed E-state index contributed by atoms with van der Waals surface area (Å²) in [5.41, 5.74) is 8.03. The van der Waals surface area contributed by atoms with E-state index in [9.17, 15) is 4.79 Å². The first kappa shape index (κ1) is 14.5. The quantitative estimate of drug-likeness (QED) is 0.505. The van der Waals surface area contributed by atoms with Crippen LogP contribution in [0, 0.1) is 0 Å². The summed E-state index contributed by atoms with van der Waals surface area (Å²) in [4.78, 5) is 11.6. The smallest absolute Gasteiger partial charge is 0.338 e. The molecular formula is C15H21NO2. The molecule has 0 aliphatic rings. The summed E-state index contributed by atoms with van der Waals surface area (Å²) >= 11 is 0. The largest absolute Gasteiger partial charge is 0.423 e. The van der Waals surface area contributed by atoms with E-state index in [1.54, 1.807) is 13.0 Å². The van der Waals surface area contributed by atoms with Gasteiger partial charge in [0.15, 0.2) is 0 Å². The summed E-state index contributed by atoms with van der Waals surface area (Å²) in [6.45, 7) is 11.1. The first-order chi connectivity index (χ1) is 8.27. The van der Waals surface area contributed by atoms with Crippen molar-refractivity contribution in [3.05, 3.63) is 41.5 Å². The molecule has 3 nitrogen and oxygen atoms in total. The van der Waals surface area contributed by atoms with Crippen LogP contribution in [-0.2, 0) is 16.8 Å². The van der Waals surface area contributed by atoms with Gasteiger partial charge in [-0.2, -0.15) is 0 Å². The Morgan fingerprint density at radius 3 is 2.50 bits per heavy atom. The summed E-state index contributed by atoms with van der Waals surface area (Å²) in [5, 5.41) is 0. The van der Waals surface area contributed by atoms with Gasteiger partial charge in [0.2, 0.25) is 0 Å². The van der Waals surface area contributed by atoms with E-state index in [2.05, 4.69) is 6.58 Å². The molecule has 2 N–H and O–H groups in total. The highest BCUT2D eigenvalue weighted by Gasteiger charge is 2.21. The molecule has 0 aliphatic carbocycles. The summed E-state index contributed by atoms with van der Waals surface area (Å²) in [7, 11) is 0. The van der Waals surface area contributed by atoms with E-state index in [0.29, 0.717) is 11.3 Å². The maximum Gasteiger partial charge on any atom is 0.338 e. The van der Waals surface area contributed by atoms with E-state index in [1.165, 1.54) is 0 Å². The fraction of sp³-hybridized carbons (Fsp3) is 0.400. The predicted octanol–water partition coefficient (Wildman–Crippen LogP) is 2.92. The molecule has 0 saturated carbocycles. The Balaban J connectivity index is 3.21. The first-order valence-electron chi connectivity index (χ1n) is 6.06. The molecule has 0 radical (unpaired) electrons. The topological polar surface area (TPSA) is 52.3 Å². The summed E-state index contributed by atoms with van der Waals surface area (Å²) in [6, 6.07) is 5.61. The Hall–Kier alpha value is -1.61. The average Bonchev–Trinajstić information content (AvgIpc) is 2.27. The van der Waals surface area contributed by atoms with E-state index < -0.39 is 11.5 Å². The van der Waals surface area contributed by atoms with Gasteiger partial charge in [0.1, 0.15) is 5.75 Å². The van der Waals surface area contributed by atoms with Gasteiger partial charge in [0.25, 0.3) is 0 Å². The van der Waals surface area contributed by atoms with Gasteiger partial charge < -0.3 is 10.5 Å². The van der Waals surface area contributed by atoms with Crippen LogP contribution in [0.3, 0.4) is 0 Å².